The molecule has 10 heavy (non-hydrogen) atoms. The molecule has 1 aliphatic heterocycles. The molecule has 1 nitrogen and oxygen atoms in total. The van der Waals surface area contributed by atoms with Gasteiger partial charge in [0.25, 0.3) is 0 Å². The fraction of sp³-hybridized carbons (Fsp3) is 1.00. The van der Waals surface area contributed by atoms with Crippen molar-refractivity contribution in [3.63, 3.8) is 0 Å². The molecule has 1 N–H and O–H groups in total. The van der Waals surface area contributed by atoms with Gasteiger partial charge in [-0.15, -0.1) is 0 Å². The largest absolute Gasteiger partial charge is 0.313 e. The first-order valence-corrected chi connectivity index (χ1v) is 4.61. The van der Waals surface area contributed by atoms with E-state index in [1.54, 1.807) is 0 Å². The van der Waals surface area contributed by atoms with E-state index < -0.39 is 0 Å². The lowest BCUT2D eigenvalue weighted by Gasteiger charge is -2.26. The van der Waals surface area contributed by atoms with E-state index in [2.05, 4.69) is 12.2 Å². The number of rotatable bonds is 0. The van der Waals surface area contributed by atoms with Gasteiger partial charge in [0.1, 0.15) is 0 Å². The third-order valence-electron chi connectivity index (χ3n) is 3.25. The SMILES string of the molecule is CC1CNC2CCCCC12. The first-order chi connectivity index (χ1) is 4.88. The van der Waals surface area contributed by atoms with E-state index in [4.69, 9.17) is 0 Å². The molecule has 0 radical (unpaired) electrons. The van der Waals surface area contributed by atoms with Crippen LogP contribution in [0.25, 0.3) is 0 Å². The molecule has 0 aromatic heterocycles. The number of fused-ring (bicyclic) bond motifs is 1. The first-order valence-electron chi connectivity index (χ1n) is 4.61. The highest BCUT2D eigenvalue weighted by Gasteiger charge is 2.34. The fourth-order valence-electron chi connectivity index (χ4n) is 2.58. The lowest BCUT2D eigenvalue weighted by Crippen LogP contribution is -2.29. The lowest BCUT2D eigenvalue weighted by molar-refractivity contribution is 0.285. The van der Waals surface area contributed by atoms with Crippen LogP contribution in [0.1, 0.15) is 32.6 Å². The molecule has 0 bridgehead atoms. The van der Waals surface area contributed by atoms with Gasteiger partial charge in [-0.1, -0.05) is 19.8 Å². The first kappa shape index (κ1) is 6.66. The van der Waals surface area contributed by atoms with Crippen LogP contribution in [0.4, 0.5) is 0 Å². The Morgan fingerprint density at radius 1 is 1.20 bits per heavy atom. The summed E-state index contributed by atoms with van der Waals surface area (Å²) in [4.78, 5) is 0. The Bertz CT molecular complexity index is 120. The van der Waals surface area contributed by atoms with Crippen molar-refractivity contribution in [2.75, 3.05) is 6.54 Å². The Labute approximate surface area is 63.2 Å². The van der Waals surface area contributed by atoms with Gasteiger partial charge in [0.05, 0.1) is 0 Å². The Morgan fingerprint density at radius 2 is 2.00 bits per heavy atom. The Hall–Kier alpha value is -0.0400. The standard InChI is InChI=1S/C9H17N/c1-7-6-10-9-5-3-2-4-8(7)9/h7-10H,2-6H2,1H3. The molecule has 1 heterocycles. The fourth-order valence-corrected chi connectivity index (χ4v) is 2.58. The summed E-state index contributed by atoms with van der Waals surface area (Å²) in [5, 5.41) is 3.61. The normalized spacial score (nSPS) is 47.1. The second-order valence-corrected chi connectivity index (χ2v) is 3.94. The van der Waals surface area contributed by atoms with E-state index in [1.165, 1.54) is 32.2 Å². The van der Waals surface area contributed by atoms with E-state index in [0.29, 0.717) is 0 Å². The highest BCUT2D eigenvalue weighted by atomic mass is 15.0. The van der Waals surface area contributed by atoms with Crippen LogP contribution >= 0.6 is 0 Å². The van der Waals surface area contributed by atoms with Gasteiger partial charge in [0.2, 0.25) is 0 Å². The van der Waals surface area contributed by atoms with Crippen LogP contribution in [0.2, 0.25) is 0 Å². The highest BCUT2D eigenvalue weighted by molar-refractivity contribution is 4.90. The summed E-state index contributed by atoms with van der Waals surface area (Å²) in [6.07, 6.45) is 5.86. The molecule has 0 amide bonds. The predicted octanol–water partition coefficient (Wildman–Crippen LogP) is 1.78. The predicted molar refractivity (Wildman–Crippen MR) is 42.9 cm³/mol. The molecule has 2 rings (SSSR count). The van der Waals surface area contributed by atoms with Crippen molar-refractivity contribution in [2.24, 2.45) is 11.8 Å². The topological polar surface area (TPSA) is 12.0 Å². The lowest BCUT2D eigenvalue weighted by atomic mass is 9.81. The molecule has 58 valence electrons. The van der Waals surface area contributed by atoms with Crippen molar-refractivity contribution < 1.29 is 0 Å². The minimum Gasteiger partial charge on any atom is -0.313 e. The molecule has 1 aliphatic carbocycles. The summed E-state index contributed by atoms with van der Waals surface area (Å²) in [6.45, 7) is 3.66. The number of hydrogen-bond donors (Lipinski definition) is 1. The summed E-state index contributed by atoms with van der Waals surface area (Å²) in [6, 6.07) is 0.892. The average Bonchev–Trinajstić information content (AvgIpc) is 2.34. The van der Waals surface area contributed by atoms with Crippen molar-refractivity contribution in [1.82, 2.24) is 5.32 Å². The number of hydrogen-bond acceptors (Lipinski definition) is 1. The Balaban J connectivity index is 2.01. The second-order valence-electron chi connectivity index (χ2n) is 3.94. The second kappa shape index (κ2) is 2.54. The molecule has 1 heteroatoms. The van der Waals surface area contributed by atoms with Crippen molar-refractivity contribution >= 4 is 0 Å². The third kappa shape index (κ3) is 0.968. The molecule has 0 spiro atoms. The smallest absolute Gasteiger partial charge is 0.00984 e. The van der Waals surface area contributed by atoms with Crippen molar-refractivity contribution in [3.8, 4) is 0 Å². The van der Waals surface area contributed by atoms with Crippen LogP contribution in [0.3, 0.4) is 0 Å². The molecule has 2 fully saturated rings. The summed E-state index contributed by atoms with van der Waals surface area (Å²) >= 11 is 0. The summed E-state index contributed by atoms with van der Waals surface area (Å²) in [7, 11) is 0. The van der Waals surface area contributed by atoms with E-state index in [-0.39, 0.29) is 0 Å². The molecular formula is C9H17N. The molecule has 3 unspecified atom stereocenters. The van der Waals surface area contributed by atoms with Crippen LogP contribution < -0.4 is 5.32 Å². The summed E-state index contributed by atoms with van der Waals surface area (Å²) < 4.78 is 0. The van der Waals surface area contributed by atoms with Crippen LogP contribution in [-0.2, 0) is 0 Å². The minimum atomic E-state index is 0.892. The maximum Gasteiger partial charge on any atom is 0.00984 e. The van der Waals surface area contributed by atoms with Gasteiger partial charge < -0.3 is 5.32 Å². The maximum absolute atomic E-state index is 3.61. The van der Waals surface area contributed by atoms with Crippen LogP contribution in [-0.4, -0.2) is 12.6 Å². The van der Waals surface area contributed by atoms with Gasteiger partial charge >= 0.3 is 0 Å². The van der Waals surface area contributed by atoms with Crippen molar-refractivity contribution in [2.45, 2.75) is 38.6 Å². The van der Waals surface area contributed by atoms with Crippen LogP contribution in [0.15, 0.2) is 0 Å². The third-order valence-corrected chi connectivity index (χ3v) is 3.25. The number of nitrogens with one attached hydrogen (secondary N) is 1. The van der Waals surface area contributed by atoms with E-state index >= 15 is 0 Å². The Kier molecular flexibility index (Phi) is 1.69. The summed E-state index contributed by atoms with van der Waals surface area (Å²) in [5.74, 6) is 1.97. The molecule has 1 saturated carbocycles. The van der Waals surface area contributed by atoms with Gasteiger partial charge in [-0.3, -0.25) is 0 Å². The van der Waals surface area contributed by atoms with E-state index in [9.17, 15) is 0 Å². The Morgan fingerprint density at radius 3 is 2.80 bits per heavy atom. The molecule has 0 aromatic carbocycles. The average molecular weight is 139 g/mol. The quantitative estimate of drug-likeness (QED) is 0.539. The van der Waals surface area contributed by atoms with Crippen LogP contribution in [0, 0.1) is 11.8 Å². The van der Waals surface area contributed by atoms with Gasteiger partial charge in [-0.05, 0) is 31.2 Å². The van der Waals surface area contributed by atoms with Gasteiger partial charge in [0, 0.05) is 6.04 Å². The van der Waals surface area contributed by atoms with Gasteiger partial charge in [0.15, 0.2) is 0 Å². The van der Waals surface area contributed by atoms with E-state index in [1.807, 2.05) is 0 Å². The molecule has 3 atom stereocenters. The molecular weight excluding hydrogens is 122 g/mol. The molecule has 2 aliphatic rings. The highest BCUT2D eigenvalue weighted by Crippen LogP contribution is 2.33. The van der Waals surface area contributed by atoms with Crippen molar-refractivity contribution in [3.05, 3.63) is 0 Å². The maximum atomic E-state index is 3.61. The zero-order chi connectivity index (χ0) is 6.97. The molecule has 0 aromatic rings. The monoisotopic (exact) mass is 139 g/mol. The molecule has 1 saturated heterocycles. The minimum absolute atomic E-state index is 0.892. The van der Waals surface area contributed by atoms with Crippen molar-refractivity contribution in [1.29, 1.82) is 0 Å². The zero-order valence-corrected chi connectivity index (χ0v) is 6.77. The zero-order valence-electron chi connectivity index (χ0n) is 6.77. The van der Waals surface area contributed by atoms with E-state index in [0.717, 1.165) is 17.9 Å². The van der Waals surface area contributed by atoms with Crippen LogP contribution in [0.5, 0.6) is 0 Å². The van der Waals surface area contributed by atoms with Gasteiger partial charge in [-0.2, -0.15) is 0 Å². The van der Waals surface area contributed by atoms with Gasteiger partial charge in [-0.25, -0.2) is 0 Å². The summed E-state index contributed by atoms with van der Waals surface area (Å²) in [5.41, 5.74) is 0.